The van der Waals surface area contributed by atoms with Gasteiger partial charge < -0.3 is 14.7 Å². The number of aryl methyl sites for hydroxylation is 1. The number of hydrogen-bond donors (Lipinski definition) is 0. The van der Waals surface area contributed by atoms with E-state index in [9.17, 15) is 0 Å². The minimum atomic E-state index is -2.99. The lowest BCUT2D eigenvalue weighted by molar-refractivity contribution is 0.195. The Morgan fingerprint density at radius 3 is 1.54 bits per heavy atom. The third-order valence-electron chi connectivity index (χ3n) is 17.8. The van der Waals surface area contributed by atoms with E-state index in [-0.39, 0.29) is 28.5 Å². The molecule has 8 aromatic carbocycles. The largest absolute Gasteiger partial charge is 0.334 e. The van der Waals surface area contributed by atoms with Crippen molar-refractivity contribution in [2.24, 2.45) is 0 Å². The number of anilines is 8. The molecule has 1 saturated carbocycles. The topological polar surface area (TPSA) is 9.72 Å². The maximum Gasteiger partial charge on any atom is 0.251 e. The zero-order chi connectivity index (χ0) is 48.1. The van der Waals surface area contributed by atoms with Gasteiger partial charge in [0.25, 0.3) is 6.71 Å². The van der Waals surface area contributed by atoms with Crippen molar-refractivity contribution in [3.8, 4) is 0 Å². The fraction of sp³-hybridized carbons (Fsp3) is 0.262. The number of nitrogens with zero attached hydrogens (tertiary/aromatic N) is 3. The highest BCUT2D eigenvalue weighted by atomic mass is 28.3. The minimum absolute atomic E-state index is 0.0201. The summed E-state index contributed by atoms with van der Waals surface area (Å²) in [5, 5.41) is 5.85. The third kappa shape index (κ3) is 5.82. The van der Waals surface area contributed by atoms with Crippen LogP contribution in [0, 0.1) is 6.92 Å². The van der Waals surface area contributed by atoms with Gasteiger partial charge in [-0.1, -0.05) is 183 Å². The second-order valence-electron chi connectivity index (χ2n) is 23.7. The molecule has 1 fully saturated rings. The molecule has 4 aliphatic heterocycles. The van der Waals surface area contributed by atoms with Crippen LogP contribution in [0.4, 0.5) is 45.5 Å². The lowest BCUT2D eigenvalue weighted by Crippen LogP contribution is -2.88. The van der Waals surface area contributed by atoms with Crippen molar-refractivity contribution in [3.63, 3.8) is 0 Å². The monoisotopic (exact) mass is 925 g/mol. The van der Waals surface area contributed by atoms with Gasteiger partial charge in [0.05, 0.1) is 5.54 Å². The highest BCUT2D eigenvalue weighted by Crippen LogP contribution is 2.61. The summed E-state index contributed by atoms with van der Waals surface area (Å²) >= 11 is 0. The van der Waals surface area contributed by atoms with Crippen LogP contribution in [0.15, 0.2) is 176 Å². The molecule has 8 aromatic rings. The molecule has 5 aliphatic rings. The summed E-state index contributed by atoms with van der Waals surface area (Å²) in [5.41, 5.74) is 19.9. The minimum Gasteiger partial charge on any atom is -0.334 e. The van der Waals surface area contributed by atoms with Crippen LogP contribution in [-0.2, 0) is 16.2 Å². The zero-order valence-electron chi connectivity index (χ0n) is 42.5. The summed E-state index contributed by atoms with van der Waals surface area (Å²) in [5.74, 6) is 0. The number of fused-ring (bicyclic) bond motifs is 3. The smallest absolute Gasteiger partial charge is 0.251 e. The first-order chi connectivity index (χ1) is 33.6. The molecule has 0 N–H and O–H groups in total. The Kier molecular flexibility index (Phi) is 9.30. The first kappa shape index (κ1) is 43.5. The van der Waals surface area contributed by atoms with E-state index in [0.717, 1.165) is 6.42 Å². The Bertz CT molecular complexity index is 3370. The maximum atomic E-state index is 2.80. The van der Waals surface area contributed by atoms with Gasteiger partial charge in [0.15, 0.2) is 8.07 Å². The predicted octanol–water partition coefficient (Wildman–Crippen LogP) is 12.1. The van der Waals surface area contributed by atoms with E-state index in [1.165, 1.54) is 124 Å². The molecule has 0 aromatic heterocycles. The summed E-state index contributed by atoms with van der Waals surface area (Å²) in [6.45, 7) is 21.5. The normalized spacial score (nSPS) is 20.2. The highest BCUT2D eigenvalue weighted by molar-refractivity contribution is 7.27. The van der Waals surface area contributed by atoms with Crippen LogP contribution in [0.1, 0.15) is 103 Å². The van der Waals surface area contributed by atoms with Gasteiger partial charge in [0.2, 0.25) is 0 Å². The van der Waals surface area contributed by atoms with E-state index < -0.39 is 8.07 Å². The van der Waals surface area contributed by atoms with Crippen LogP contribution >= 0.6 is 0 Å². The SMILES string of the molecule is Cc1cc2c3c(c1)[Si](c1ccccc1)(c1ccccc1)c1cccc4c1B3c1c(cc(N3c5ccccc5C5(C)CCCCC35C)cc1N2c1ccc(C(C)(C)C)cc1)N4c1ccc(C(C)(C)C)cc1. The number of hydrogen-bond acceptors (Lipinski definition) is 3. The summed E-state index contributed by atoms with van der Waals surface area (Å²) in [6.07, 6.45) is 4.83. The van der Waals surface area contributed by atoms with Crippen LogP contribution in [0.25, 0.3) is 0 Å². The van der Waals surface area contributed by atoms with Crippen LogP contribution in [-0.4, -0.2) is 20.3 Å². The van der Waals surface area contributed by atoms with Crippen LogP contribution in [0.5, 0.6) is 0 Å². The van der Waals surface area contributed by atoms with Crippen molar-refractivity contribution < 1.29 is 0 Å². The fourth-order valence-corrected chi connectivity index (χ4v) is 19.6. The van der Waals surface area contributed by atoms with E-state index >= 15 is 0 Å². The van der Waals surface area contributed by atoms with Gasteiger partial charge >= 0.3 is 0 Å². The third-order valence-corrected chi connectivity index (χ3v) is 22.7. The Labute approximate surface area is 417 Å². The van der Waals surface area contributed by atoms with Crippen molar-refractivity contribution in [2.75, 3.05) is 14.7 Å². The van der Waals surface area contributed by atoms with Gasteiger partial charge in [-0.25, -0.2) is 0 Å². The number of rotatable bonds is 5. The molecule has 0 saturated heterocycles. The van der Waals surface area contributed by atoms with E-state index in [1.807, 2.05) is 0 Å². The zero-order valence-corrected chi connectivity index (χ0v) is 43.5. The Hall–Kier alpha value is -6.56. The van der Waals surface area contributed by atoms with E-state index in [4.69, 9.17) is 0 Å². The molecular weight excluding hydrogens is 862 g/mol. The molecule has 1 aliphatic carbocycles. The second kappa shape index (κ2) is 15.0. The average molecular weight is 926 g/mol. The molecule has 3 nitrogen and oxygen atoms in total. The lowest BCUT2D eigenvalue weighted by atomic mass is 9.33. The molecular formula is C65H64BN3Si. The molecule has 70 heavy (non-hydrogen) atoms. The molecule has 0 radical (unpaired) electrons. The molecule has 0 spiro atoms. The summed E-state index contributed by atoms with van der Waals surface area (Å²) in [4.78, 5) is 8.16. The molecule has 0 amide bonds. The highest BCUT2D eigenvalue weighted by Gasteiger charge is 2.60. The first-order valence-electron chi connectivity index (χ1n) is 25.9. The standard InChI is InChI=1S/C65H64BN3Si/c1-43-39-54-61-58(40-43)70(49-21-12-10-13-22-49,50-23-14-11-15-24-50)57-28-20-27-53-60(57)66(61)59-55(67(53)46-33-29-44(30-34-46)62(2,3)4)41-48(42-56(59)68(54)47-35-31-45(32-36-47)63(5,6)7)69-52-26-17-16-25-51(52)64(8)37-18-19-38-65(64,69)9/h10-17,20-36,39-42H,18-19,37-38H2,1-9H3. The molecule has 0 bridgehead atoms. The van der Waals surface area contributed by atoms with Crippen molar-refractivity contribution in [1.29, 1.82) is 0 Å². The van der Waals surface area contributed by atoms with Crippen LogP contribution in [0.3, 0.4) is 0 Å². The fourth-order valence-electron chi connectivity index (χ4n) is 14.2. The second-order valence-corrected chi connectivity index (χ2v) is 27.5. The number of para-hydroxylation sites is 1. The summed E-state index contributed by atoms with van der Waals surface area (Å²) in [6, 6.07) is 69.4. The lowest BCUT2D eigenvalue weighted by Gasteiger charge is -2.53. The van der Waals surface area contributed by atoms with Gasteiger partial charge in [-0.3, -0.25) is 0 Å². The van der Waals surface area contributed by atoms with Gasteiger partial charge in [-0.15, -0.1) is 0 Å². The molecule has 5 heteroatoms. The van der Waals surface area contributed by atoms with Crippen molar-refractivity contribution in [2.45, 2.75) is 110 Å². The van der Waals surface area contributed by atoms with Gasteiger partial charge in [0.1, 0.15) is 0 Å². The Balaban J connectivity index is 1.20. The molecule has 2 unspecified atom stereocenters. The van der Waals surface area contributed by atoms with E-state index in [2.05, 4.69) is 253 Å². The quantitative estimate of drug-likeness (QED) is 0.159. The first-order valence-corrected chi connectivity index (χ1v) is 27.9. The Morgan fingerprint density at radius 1 is 0.457 bits per heavy atom. The average Bonchev–Trinajstić information content (AvgIpc) is 3.57. The molecule has 4 heterocycles. The molecule has 2 atom stereocenters. The van der Waals surface area contributed by atoms with E-state index in [0.29, 0.717) is 0 Å². The van der Waals surface area contributed by atoms with Crippen molar-refractivity contribution >= 4 is 97.4 Å². The molecule has 13 rings (SSSR count). The van der Waals surface area contributed by atoms with Gasteiger partial charge in [0, 0.05) is 50.9 Å². The van der Waals surface area contributed by atoms with Gasteiger partial charge in [-0.05, 0) is 152 Å². The Morgan fingerprint density at radius 2 is 0.957 bits per heavy atom. The maximum absolute atomic E-state index is 2.99. The van der Waals surface area contributed by atoms with Crippen molar-refractivity contribution in [3.05, 3.63) is 198 Å². The van der Waals surface area contributed by atoms with E-state index in [1.54, 1.807) is 0 Å². The van der Waals surface area contributed by atoms with Crippen LogP contribution in [0.2, 0.25) is 0 Å². The summed E-state index contributed by atoms with van der Waals surface area (Å²) in [7, 11) is -2.99. The predicted molar refractivity (Wildman–Crippen MR) is 303 cm³/mol. The van der Waals surface area contributed by atoms with Crippen molar-refractivity contribution in [1.82, 2.24) is 0 Å². The number of benzene rings is 8. The molecule has 346 valence electrons. The van der Waals surface area contributed by atoms with Crippen LogP contribution < -0.4 is 51.8 Å². The summed E-state index contributed by atoms with van der Waals surface area (Å²) < 4.78 is 0. The van der Waals surface area contributed by atoms with Gasteiger partial charge in [-0.2, -0.15) is 0 Å².